The first-order chi connectivity index (χ1) is 8.02. The quantitative estimate of drug-likeness (QED) is 0.571. The maximum atomic E-state index is 2.29. The molecule has 0 bridgehead atoms. The maximum Gasteiger partial charge on any atom is 0.0814 e. The van der Waals surface area contributed by atoms with Crippen LogP contribution in [-0.4, -0.2) is 8.41 Å². The van der Waals surface area contributed by atoms with Gasteiger partial charge >= 0.3 is 0 Å². The maximum absolute atomic E-state index is 2.29. The Labute approximate surface area is 114 Å². The lowest BCUT2D eigenvalue weighted by molar-refractivity contribution is 1.40. The van der Waals surface area contributed by atoms with Gasteiger partial charge in [-0.05, 0) is 38.3 Å². The molecule has 0 heterocycles. The summed E-state index contributed by atoms with van der Waals surface area (Å²) >= 11 is 0. The Kier molecular flexibility index (Phi) is 5.17. The molecule has 0 N–H and O–H groups in total. The molecule has 0 aliphatic rings. The van der Waals surface area contributed by atoms with Crippen LogP contribution in [0.4, 0.5) is 0 Å². The number of benzene rings is 2. The van der Waals surface area contributed by atoms with Crippen molar-refractivity contribution in [2.24, 2.45) is 0 Å². The van der Waals surface area contributed by atoms with E-state index in [2.05, 4.69) is 64.1 Å². The second kappa shape index (κ2) is 6.20. The molecule has 0 aromatic heterocycles. The highest BCUT2D eigenvalue weighted by Crippen LogP contribution is 2.15. The summed E-state index contributed by atoms with van der Waals surface area (Å²) in [5.41, 5.74) is 5.43. The van der Waals surface area contributed by atoms with Crippen LogP contribution in [0.15, 0.2) is 36.4 Å². The second-order valence-electron chi connectivity index (χ2n) is 4.88. The van der Waals surface area contributed by atoms with Gasteiger partial charge < -0.3 is 0 Å². The Balaban J connectivity index is 0.00000162. The molecular formula is C16H22BP. The Hall–Kier alpha value is -1.07. The molecule has 0 spiro atoms. The highest BCUT2D eigenvalue weighted by Gasteiger charge is 2.00. The third-order valence-corrected chi connectivity index (χ3v) is 3.89. The van der Waals surface area contributed by atoms with Gasteiger partial charge in [-0.2, -0.15) is 0 Å². The fourth-order valence-corrected chi connectivity index (χ4v) is 3.79. The summed E-state index contributed by atoms with van der Waals surface area (Å²) in [5, 5.41) is 2.88. The van der Waals surface area contributed by atoms with Crippen LogP contribution in [0.5, 0.6) is 0 Å². The van der Waals surface area contributed by atoms with Gasteiger partial charge in [-0.25, -0.2) is 0 Å². The van der Waals surface area contributed by atoms with Gasteiger partial charge in [-0.15, -0.1) is 0 Å². The molecular weight excluding hydrogens is 234 g/mol. The normalized spacial score (nSPS) is 10.0. The molecule has 0 atom stereocenters. The molecule has 2 aromatic rings. The lowest BCUT2D eigenvalue weighted by Gasteiger charge is -2.07. The summed E-state index contributed by atoms with van der Waals surface area (Å²) in [4.78, 5) is 0. The lowest BCUT2D eigenvalue weighted by Crippen LogP contribution is -2.05. The first-order valence-corrected chi connectivity index (χ1v) is 6.96. The van der Waals surface area contributed by atoms with E-state index >= 15 is 0 Å². The monoisotopic (exact) mass is 256 g/mol. The molecule has 18 heavy (non-hydrogen) atoms. The van der Waals surface area contributed by atoms with Gasteiger partial charge in [0.2, 0.25) is 0 Å². The minimum Gasteiger partial charge on any atom is -0.0591 e. The summed E-state index contributed by atoms with van der Waals surface area (Å²) in [6, 6.07) is 13.6. The van der Waals surface area contributed by atoms with Crippen LogP contribution in [-0.2, 0) is 0 Å². The minimum absolute atomic E-state index is 0. The molecule has 0 saturated carbocycles. The summed E-state index contributed by atoms with van der Waals surface area (Å²) < 4.78 is 0. The predicted octanol–water partition coefficient (Wildman–Crippen LogP) is 2.37. The third kappa shape index (κ3) is 4.00. The van der Waals surface area contributed by atoms with Crippen molar-refractivity contribution in [2.75, 3.05) is 0 Å². The second-order valence-corrected chi connectivity index (χ2v) is 6.28. The molecule has 2 heteroatoms. The molecule has 2 rings (SSSR count). The topological polar surface area (TPSA) is 0 Å². The van der Waals surface area contributed by atoms with Crippen molar-refractivity contribution in [2.45, 2.75) is 27.7 Å². The van der Waals surface area contributed by atoms with E-state index in [1.54, 1.807) is 0 Å². The lowest BCUT2D eigenvalue weighted by atomic mass is 10.2. The Morgan fingerprint density at radius 2 is 0.833 bits per heavy atom. The summed E-state index contributed by atoms with van der Waals surface area (Å²) in [7, 11) is 0.762. The van der Waals surface area contributed by atoms with E-state index in [4.69, 9.17) is 0 Å². The van der Waals surface area contributed by atoms with Crippen LogP contribution in [0.3, 0.4) is 0 Å². The summed E-state index contributed by atoms with van der Waals surface area (Å²) in [6.07, 6.45) is 0. The SMILES string of the molecule is B.Cc1cc(C)cc(Pc2cc(C)cc(C)c2)c1. The summed E-state index contributed by atoms with van der Waals surface area (Å²) in [5.74, 6) is 0. The van der Waals surface area contributed by atoms with E-state index in [9.17, 15) is 0 Å². The molecule has 0 radical (unpaired) electrons. The van der Waals surface area contributed by atoms with Crippen molar-refractivity contribution >= 4 is 27.6 Å². The Bertz CT molecular complexity index is 457. The Morgan fingerprint density at radius 1 is 0.556 bits per heavy atom. The fourth-order valence-electron chi connectivity index (χ4n) is 2.26. The van der Waals surface area contributed by atoms with Crippen molar-refractivity contribution in [1.82, 2.24) is 0 Å². The molecule has 94 valence electrons. The molecule has 0 aliphatic heterocycles. The van der Waals surface area contributed by atoms with Gasteiger partial charge in [0, 0.05) is 0 Å². The third-order valence-electron chi connectivity index (χ3n) is 2.73. The van der Waals surface area contributed by atoms with Gasteiger partial charge in [0.25, 0.3) is 0 Å². The zero-order valence-electron chi connectivity index (χ0n) is 11.0. The molecule has 0 unspecified atom stereocenters. The first kappa shape index (κ1) is 15.0. The highest BCUT2D eigenvalue weighted by atomic mass is 31.1. The van der Waals surface area contributed by atoms with Gasteiger partial charge in [-0.3, -0.25) is 0 Å². The zero-order chi connectivity index (χ0) is 12.4. The zero-order valence-corrected chi connectivity index (χ0v) is 12.0. The molecule has 2 aromatic carbocycles. The van der Waals surface area contributed by atoms with Crippen molar-refractivity contribution < 1.29 is 0 Å². The fraction of sp³-hybridized carbons (Fsp3) is 0.250. The molecule has 0 amide bonds. The smallest absolute Gasteiger partial charge is 0.0591 e. The van der Waals surface area contributed by atoms with Crippen LogP contribution < -0.4 is 10.6 Å². The molecule has 0 aliphatic carbocycles. The van der Waals surface area contributed by atoms with E-state index in [1.807, 2.05) is 0 Å². The van der Waals surface area contributed by atoms with Crippen LogP contribution in [0.2, 0.25) is 0 Å². The van der Waals surface area contributed by atoms with E-state index < -0.39 is 0 Å². The van der Waals surface area contributed by atoms with E-state index in [1.165, 1.54) is 32.9 Å². The Morgan fingerprint density at radius 3 is 1.11 bits per heavy atom. The number of rotatable bonds is 2. The van der Waals surface area contributed by atoms with Crippen molar-refractivity contribution in [1.29, 1.82) is 0 Å². The van der Waals surface area contributed by atoms with E-state index in [0.717, 1.165) is 8.58 Å². The van der Waals surface area contributed by atoms with Gasteiger partial charge in [0.05, 0.1) is 8.41 Å². The molecule has 0 fully saturated rings. The van der Waals surface area contributed by atoms with Crippen molar-refractivity contribution in [3.05, 3.63) is 58.7 Å². The number of aryl methyl sites for hydroxylation is 4. The van der Waals surface area contributed by atoms with Gasteiger partial charge in [-0.1, -0.05) is 67.2 Å². The highest BCUT2D eigenvalue weighted by molar-refractivity contribution is 7.55. The minimum atomic E-state index is 0. The average Bonchev–Trinajstić information content (AvgIpc) is 2.13. The van der Waals surface area contributed by atoms with Crippen molar-refractivity contribution in [3.63, 3.8) is 0 Å². The van der Waals surface area contributed by atoms with E-state index in [-0.39, 0.29) is 8.41 Å². The van der Waals surface area contributed by atoms with E-state index in [0.29, 0.717) is 0 Å². The standard InChI is InChI=1S/C16H19P.BH3/c1-11-5-12(2)8-15(7-11)17-16-9-13(3)6-14(4)10-16;/h5-10,17H,1-4H3;1H3. The largest absolute Gasteiger partial charge is 0.0814 e. The predicted molar refractivity (Wildman–Crippen MR) is 89.4 cm³/mol. The van der Waals surface area contributed by atoms with Crippen LogP contribution in [0.25, 0.3) is 0 Å². The number of hydrogen-bond donors (Lipinski definition) is 0. The van der Waals surface area contributed by atoms with Gasteiger partial charge in [0.1, 0.15) is 0 Å². The molecule has 0 saturated heterocycles. The summed E-state index contributed by atoms with van der Waals surface area (Å²) in [6.45, 7) is 8.68. The number of hydrogen-bond acceptors (Lipinski definition) is 0. The van der Waals surface area contributed by atoms with Gasteiger partial charge in [0.15, 0.2) is 0 Å². The molecule has 0 nitrogen and oxygen atoms in total. The first-order valence-electron chi connectivity index (χ1n) is 5.96. The van der Waals surface area contributed by atoms with Crippen LogP contribution in [0, 0.1) is 27.7 Å². The van der Waals surface area contributed by atoms with Crippen LogP contribution >= 0.6 is 8.58 Å². The van der Waals surface area contributed by atoms with Crippen molar-refractivity contribution in [3.8, 4) is 0 Å². The van der Waals surface area contributed by atoms with Crippen LogP contribution in [0.1, 0.15) is 22.3 Å². The average molecular weight is 256 g/mol.